The van der Waals surface area contributed by atoms with Gasteiger partial charge in [0.1, 0.15) is 29.2 Å². The van der Waals surface area contributed by atoms with Crippen LogP contribution in [0.2, 0.25) is 0 Å². The Bertz CT molecular complexity index is 1410. The molecule has 10 heteroatoms. The van der Waals surface area contributed by atoms with Crippen molar-refractivity contribution in [3.8, 4) is 22.8 Å². The van der Waals surface area contributed by atoms with Crippen molar-refractivity contribution < 1.29 is 28.9 Å². The third kappa shape index (κ3) is 7.43. The molecular weight excluding hydrogens is 542 g/mol. The molecule has 0 aliphatic carbocycles. The van der Waals surface area contributed by atoms with Crippen molar-refractivity contribution in [2.75, 3.05) is 13.7 Å². The molecule has 1 saturated heterocycles. The molecule has 1 aliphatic rings. The van der Waals surface area contributed by atoms with Crippen molar-refractivity contribution >= 4 is 40.2 Å². The van der Waals surface area contributed by atoms with Crippen molar-refractivity contribution in [3.05, 3.63) is 54.6 Å². The number of nitrogens with one attached hydrogen (secondary N) is 1. The molecule has 1 fully saturated rings. The minimum absolute atomic E-state index is 0.216. The van der Waals surface area contributed by atoms with Crippen molar-refractivity contribution in [2.24, 2.45) is 0 Å². The fraction of sp³-hybridized carbons (Fsp3) is 0.419. The van der Waals surface area contributed by atoms with Gasteiger partial charge in [-0.05, 0) is 39.3 Å². The van der Waals surface area contributed by atoms with Crippen LogP contribution in [0.1, 0.15) is 47.0 Å². The standard InChI is InChI=1S/C31H37N3O6S/c1-6-10-23(29(35)36)33-28(41)26-16-21(18-34(26)30(37)40-31(2,3)4)39-27-17-24(19-11-8-7-9-12-19)32-25-15-20(38-5)13-14-22(25)27/h7-9,11-15,17,21,23,26H,6,10,16,18H2,1-5H3,(H,33,41)(H,35,36)/t21-,23+,26+/m1/s1. The lowest BCUT2D eigenvalue weighted by Crippen LogP contribution is -2.50. The molecule has 218 valence electrons. The van der Waals surface area contributed by atoms with Crippen molar-refractivity contribution in [1.29, 1.82) is 0 Å². The number of hydrogen-bond acceptors (Lipinski definition) is 7. The van der Waals surface area contributed by atoms with E-state index in [1.54, 1.807) is 27.9 Å². The Labute approximate surface area is 245 Å². The molecule has 0 radical (unpaired) electrons. The fourth-order valence-electron chi connectivity index (χ4n) is 4.80. The molecule has 0 unspecified atom stereocenters. The number of amides is 1. The van der Waals surface area contributed by atoms with Crippen LogP contribution in [0, 0.1) is 0 Å². The zero-order chi connectivity index (χ0) is 29.7. The van der Waals surface area contributed by atoms with E-state index in [4.69, 9.17) is 31.4 Å². The number of nitrogens with zero attached hydrogens (tertiary/aromatic N) is 2. The lowest BCUT2D eigenvalue weighted by Gasteiger charge is -2.29. The quantitative estimate of drug-likeness (QED) is 0.302. The Balaban J connectivity index is 1.67. The Hall–Kier alpha value is -3.92. The maximum atomic E-state index is 13.3. The van der Waals surface area contributed by atoms with Crippen LogP contribution in [0.3, 0.4) is 0 Å². The molecule has 2 aromatic carbocycles. The molecule has 0 spiro atoms. The lowest BCUT2D eigenvalue weighted by atomic mass is 10.1. The number of thiocarbonyl (C=S) groups is 1. The minimum atomic E-state index is -0.990. The molecule has 9 nitrogen and oxygen atoms in total. The van der Waals surface area contributed by atoms with E-state index in [0.29, 0.717) is 36.3 Å². The van der Waals surface area contributed by atoms with Crippen LogP contribution in [-0.2, 0) is 9.53 Å². The molecule has 1 amide bonds. The summed E-state index contributed by atoms with van der Waals surface area (Å²) in [4.78, 5) is 31.7. The summed E-state index contributed by atoms with van der Waals surface area (Å²) >= 11 is 5.66. The number of hydrogen-bond donors (Lipinski definition) is 2. The summed E-state index contributed by atoms with van der Waals surface area (Å²) in [5.74, 6) is 0.296. The Morgan fingerprint density at radius 2 is 1.90 bits per heavy atom. The van der Waals surface area contributed by atoms with E-state index in [2.05, 4.69) is 5.32 Å². The fourth-order valence-corrected chi connectivity index (χ4v) is 5.17. The summed E-state index contributed by atoms with van der Waals surface area (Å²) in [6.07, 6.45) is 0.475. The minimum Gasteiger partial charge on any atom is -0.497 e. The van der Waals surface area contributed by atoms with Crippen molar-refractivity contribution in [2.45, 2.75) is 70.7 Å². The first-order chi connectivity index (χ1) is 19.5. The second-order valence-electron chi connectivity index (χ2n) is 11.1. The first-order valence-corrected chi connectivity index (χ1v) is 14.1. The molecule has 41 heavy (non-hydrogen) atoms. The van der Waals surface area contributed by atoms with E-state index < -0.39 is 35.9 Å². The van der Waals surface area contributed by atoms with E-state index in [1.807, 2.05) is 61.5 Å². The molecule has 3 atom stereocenters. The molecular formula is C31H37N3O6S. The second-order valence-corrected chi connectivity index (χ2v) is 11.5. The van der Waals surface area contributed by atoms with Crippen LogP contribution < -0.4 is 14.8 Å². The number of carboxylic acid groups (broad SMARTS) is 1. The monoisotopic (exact) mass is 579 g/mol. The Morgan fingerprint density at radius 1 is 1.17 bits per heavy atom. The summed E-state index contributed by atoms with van der Waals surface area (Å²) in [5, 5.41) is 13.4. The van der Waals surface area contributed by atoms with Gasteiger partial charge in [0, 0.05) is 29.5 Å². The average molecular weight is 580 g/mol. The highest BCUT2D eigenvalue weighted by Crippen LogP contribution is 2.35. The van der Waals surface area contributed by atoms with Gasteiger partial charge in [0.2, 0.25) is 0 Å². The SMILES string of the molecule is CCC[C@H](NC(=S)[C@@H]1C[C@@H](Oc2cc(-c3ccccc3)nc3cc(OC)ccc23)CN1C(=O)OC(C)(C)C)C(=O)O. The van der Waals surface area contributed by atoms with Crippen LogP contribution in [0.15, 0.2) is 54.6 Å². The maximum absolute atomic E-state index is 13.3. The molecule has 0 bridgehead atoms. The highest BCUT2D eigenvalue weighted by molar-refractivity contribution is 7.80. The van der Waals surface area contributed by atoms with Crippen molar-refractivity contribution in [3.63, 3.8) is 0 Å². The van der Waals surface area contributed by atoms with Crippen LogP contribution >= 0.6 is 12.2 Å². The van der Waals surface area contributed by atoms with Gasteiger partial charge in [0.25, 0.3) is 0 Å². The molecule has 3 aromatic rings. The summed E-state index contributed by atoms with van der Waals surface area (Å²) < 4.78 is 17.7. The van der Waals surface area contributed by atoms with E-state index in [1.165, 1.54) is 4.90 Å². The lowest BCUT2D eigenvalue weighted by molar-refractivity contribution is -0.139. The van der Waals surface area contributed by atoms with Crippen molar-refractivity contribution in [1.82, 2.24) is 15.2 Å². The van der Waals surface area contributed by atoms with Gasteiger partial charge < -0.3 is 24.6 Å². The molecule has 0 saturated carbocycles. The van der Waals surface area contributed by atoms with Gasteiger partial charge in [-0.25, -0.2) is 14.6 Å². The molecule has 4 rings (SSSR count). The van der Waals surface area contributed by atoms with Gasteiger partial charge in [-0.2, -0.15) is 0 Å². The van der Waals surface area contributed by atoms with Gasteiger partial charge >= 0.3 is 12.1 Å². The van der Waals surface area contributed by atoms with Gasteiger partial charge in [-0.1, -0.05) is 55.9 Å². The summed E-state index contributed by atoms with van der Waals surface area (Å²) in [5.41, 5.74) is 1.66. The van der Waals surface area contributed by atoms with Gasteiger partial charge in [-0.3, -0.25) is 4.90 Å². The number of ether oxygens (including phenoxy) is 3. The second kappa shape index (κ2) is 12.7. The summed E-state index contributed by atoms with van der Waals surface area (Å²) in [7, 11) is 1.61. The number of pyridine rings is 1. The number of benzene rings is 2. The molecule has 1 aromatic heterocycles. The zero-order valence-electron chi connectivity index (χ0n) is 24.0. The first kappa shape index (κ1) is 30.0. The highest BCUT2D eigenvalue weighted by Gasteiger charge is 2.42. The number of aliphatic carboxylic acids is 1. The number of carboxylic acids is 1. The molecule has 2 N–H and O–H groups in total. The predicted octanol–water partition coefficient (Wildman–Crippen LogP) is 5.84. The number of carbonyl (C=O) groups excluding carboxylic acids is 1. The smallest absolute Gasteiger partial charge is 0.411 e. The van der Waals surface area contributed by atoms with Gasteiger partial charge in [-0.15, -0.1) is 0 Å². The maximum Gasteiger partial charge on any atom is 0.411 e. The number of carbonyl (C=O) groups is 2. The number of aromatic nitrogens is 1. The van der Waals surface area contributed by atoms with Crippen LogP contribution in [0.5, 0.6) is 11.5 Å². The third-order valence-electron chi connectivity index (χ3n) is 6.73. The summed E-state index contributed by atoms with van der Waals surface area (Å²) in [6.45, 7) is 7.51. The number of rotatable bonds is 9. The van der Waals surface area contributed by atoms with Gasteiger partial charge in [0.15, 0.2) is 0 Å². The highest BCUT2D eigenvalue weighted by atomic mass is 32.1. The number of fused-ring (bicyclic) bond motifs is 1. The average Bonchev–Trinajstić information content (AvgIpc) is 3.36. The van der Waals surface area contributed by atoms with E-state index in [0.717, 1.165) is 16.6 Å². The van der Waals surface area contributed by atoms with Crippen LogP contribution in [0.4, 0.5) is 4.79 Å². The largest absolute Gasteiger partial charge is 0.497 e. The number of likely N-dealkylation sites (tertiary alicyclic amines) is 1. The van der Waals surface area contributed by atoms with Gasteiger partial charge in [0.05, 0.1) is 35.9 Å². The third-order valence-corrected chi connectivity index (χ3v) is 7.12. The Morgan fingerprint density at radius 3 is 2.54 bits per heavy atom. The molecule has 2 heterocycles. The summed E-state index contributed by atoms with van der Waals surface area (Å²) in [6, 6.07) is 15.9. The topological polar surface area (TPSA) is 110 Å². The van der Waals surface area contributed by atoms with E-state index in [9.17, 15) is 14.7 Å². The normalized spacial score (nSPS) is 17.6. The van der Waals surface area contributed by atoms with E-state index in [-0.39, 0.29) is 11.5 Å². The van der Waals surface area contributed by atoms with Crippen LogP contribution in [-0.4, -0.2) is 69.5 Å². The Kier molecular flexibility index (Phi) is 9.32. The first-order valence-electron chi connectivity index (χ1n) is 13.7. The van der Waals surface area contributed by atoms with E-state index >= 15 is 0 Å². The molecule has 1 aliphatic heterocycles. The predicted molar refractivity (Wildman–Crippen MR) is 162 cm³/mol. The van der Waals surface area contributed by atoms with Crippen LogP contribution in [0.25, 0.3) is 22.2 Å². The zero-order valence-corrected chi connectivity index (χ0v) is 24.9. The number of methoxy groups -OCH3 is 1.